The number of carbonyl (C=O) groups is 1. The zero-order chi connectivity index (χ0) is 12.5. The first-order chi connectivity index (χ1) is 6.74. The lowest BCUT2D eigenvalue weighted by molar-refractivity contribution is -0.141. The fourth-order valence-electron chi connectivity index (χ4n) is 0.405. The first-order valence-electron chi connectivity index (χ1n) is 4.79. The molecule has 0 aliphatic rings. The predicted molar refractivity (Wildman–Crippen MR) is 59.4 cm³/mol. The smallest absolute Gasteiger partial charge is 0.333 e. The topological polar surface area (TPSA) is 66.8 Å². The van der Waals surface area contributed by atoms with Gasteiger partial charge in [0, 0.05) is 5.57 Å². The number of hydrogen-bond donors (Lipinski definition) is 2. The molecule has 0 bridgehead atoms. The third-order valence-electron chi connectivity index (χ3n) is 1.08. The molecule has 0 aromatic rings. The van der Waals surface area contributed by atoms with E-state index in [9.17, 15) is 4.79 Å². The van der Waals surface area contributed by atoms with Crippen LogP contribution in [0.1, 0.15) is 27.7 Å². The minimum Gasteiger partial charge on any atom is -0.462 e. The summed E-state index contributed by atoms with van der Waals surface area (Å²) in [5.41, 5.74) is 0.486. The van der Waals surface area contributed by atoms with E-state index in [0.717, 1.165) is 0 Å². The van der Waals surface area contributed by atoms with Gasteiger partial charge in [0.05, 0.1) is 19.8 Å². The Morgan fingerprint density at radius 2 is 1.67 bits per heavy atom. The number of hydrogen-bond acceptors (Lipinski definition) is 4. The van der Waals surface area contributed by atoms with Crippen LogP contribution < -0.4 is 0 Å². The molecule has 0 saturated carbocycles. The largest absolute Gasteiger partial charge is 0.462 e. The van der Waals surface area contributed by atoms with E-state index in [1.807, 2.05) is 20.8 Å². The number of esters is 1. The van der Waals surface area contributed by atoms with Gasteiger partial charge in [-0.15, -0.1) is 0 Å². The van der Waals surface area contributed by atoms with Gasteiger partial charge in [-0.3, -0.25) is 0 Å². The summed E-state index contributed by atoms with van der Waals surface area (Å²) in [6.07, 6.45) is 0. The van der Waals surface area contributed by atoms with Gasteiger partial charge in [-0.25, -0.2) is 4.79 Å². The summed E-state index contributed by atoms with van der Waals surface area (Å²) < 4.78 is 4.93. The standard InChI is InChI=1S/C9H16O2.C2H6O2/c1-7(2)8(10)11-6-9(3,4)5;3-1-2-4/h1,6H2,2-5H3;3-4H,1-2H2. The molecule has 4 heteroatoms. The molecule has 0 amide bonds. The Kier molecular flexibility index (Phi) is 9.31. The maximum absolute atomic E-state index is 10.9. The highest BCUT2D eigenvalue weighted by atomic mass is 16.5. The molecule has 0 spiro atoms. The Balaban J connectivity index is 0. The fraction of sp³-hybridized carbons (Fsp3) is 0.727. The van der Waals surface area contributed by atoms with Crippen molar-refractivity contribution in [3.05, 3.63) is 12.2 Å². The maximum Gasteiger partial charge on any atom is 0.333 e. The first kappa shape index (κ1) is 16.6. The van der Waals surface area contributed by atoms with Gasteiger partial charge in [0.25, 0.3) is 0 Å². The second-order valence-electron chi connectivity index (χ2n) is 4.36. The molecule has 0 aliphatic heterocycles. The van der Waals surface area contributed by atoms with Crippen molar-refractivity contribution in [2.24, 2.45) is 5.41 Å². The van der Waals surface area contributed by atoms with Crippen LogP contribution in [0.25, 0.3) is 0 Å². The highest BCUT2D eigenvalue weighted by Gasteiger charge is 2.13. The van der Waals surface area contributed by atoms with E-state index in [0.29, 0.717) is 12.2 Å². The van der Waals surface area contributed by atoms with Crippen molar-refractivity contribution in [3.8, 4) is 0 Å². The zero-order valence-corrected chi connectivity index (χ0v) is 10.0. The van der Waals surface area contributed by atoms with Gasteiger partial charge < -0.3 is 14.9 Å². The normalized spacial score (nSPS) is 10.0. The molecule has 0 aliphatic carbocycles. The second kappa shape index (κ2) is 8.44. The average molecular weight is 218 g/mol. The summed E-state index contributed by atoms with van der Waals surface area (Å²) in [6, 6.07) is 0. The van der Waals surface area contributed by atoms with E-state index in [1.165, 1.54) is 0 Å². The van der Waals surface area contributed by atoms with E-state index in [-0.39, 0.29) is 24.6 Å². The molecule has 0 aromatic heterocycles. The lowest BCUT2D eigenvalue weighted by Gasteiger charge is -2.17. The Bertz CT molecular complexity index is 189. The summed E-state index contributed by atoms with van der Waals surface area (Å²) in [4.78, 5) is 10.9. The fourth-order valence-corrected chi connectivity index (χ4v) is 0.405. The summed E-state index contributed by atoms with van der Waals surface area (Å²) in [5.74, 6) is -0.306. The van der Waals surface area contributed by atoms with Gasteiger partial charge in [0.2, 0.25) is 0 Å². The third kappa shape index (κ3) is 15.9. The molecular weight excluding hydrogens is 196 g/mol. The van der Waals surface area contributed by atoms with Crippen LogP contribution in [0.2, 0.25) is 0 Å². The van der Waals surface area contributed by atoms with Crippen LogP contribution in [0, 0.1) is 5.41 Å². The maximum atomic E-state index is 10.9. The molecule has 0 radical (unpaired) electrons. The Morgan fingerprint density at radius 1 is 1.27 bits per heavy atom. The molecule has 90 valence electrons. The highest BCUT2D eigenvalue weighted by molar-refractivity contribution is 5.86. The van der Waals surface area contributed by atoms with Gasteiger partial charge in [0.15, 0.2) is 0 Å². The monoisotopic (exact) mass is 218 g/mol. The van der Waals surface area contributed by atoms with Gasteiger partial charge in [0.1, 0.15) is 0 Å². The van der Waals surface area contributed by atoms with Crippen molar-refractivity contribution in [1.82, 2.24) is 0 Å². The van der Waals surface area contributed by atoms with Crippen LogP contribution in [0.5, 0.6) is 0 Å². The van der Waals surface area contributed by atoms with Crippen molar-refractivity contribution >= 4 is 5.97 Å². The Hall–Kier alpha value is -0.870. The lowest BCUT2D eigenvalue weighted by Crippen LogP contribution is -2.18. The predicted octanol–water partition coefficient (Wildman–Crippen LogP) is 1.12. The first-order valence-corrected chi connectivity index (χ1v) is 4.79. The van der Waals surface area contributed by atoms with E-state index < -0.39 is 0 Å². The number of ether oxygens (including phenoxy) is 1. The Labute approximate surface area is 91.6 Å². The number of aliphatic hydroxyl groups excluding tert-OH is 2. The molecule has 0 atom stereocenters. The minimum absolute atomic E-state index is 0.0328. The van der Waals surface area contributed by atoms with Crippen molar-refractivity contribution in [2.45, 2.75) is 27.7 Å². The third-order valence-corrected chi connectivity index (χ3v) is 1.08. The molecular formula is C11H22O4. The minimum atomic E-state index is -0.306. The van der Waals surface area contributed by atoms with Crippen molar-refractivity contribution in [2.75, 3.05) is 19.8 Å². The van der Waals surface area contributed by atoms with Crippen LogP contribution in [0.15, 0.2) is 12.2 Å². The molecule has 2 N–H and O–H groups in total. The summed E-state index contributed by atoms with van der Waals surface area (Å²) >= 11 is 0. The highest BCUT2D eigenvalue weighted by Crippen LogP contribution is 2.13. The van der Waals surface area contributed by atoms with Crippen LogP contribution in [-0.2, 0) is 9.53 Å². The SMILES string of the molecule is C=C(C)C(=O)OCC(C)(C)C.OCCO. The van der Waals surface area contributed by atoms with E-state index >= 15 is 0 Å². The molecule has 15 heavy (non-hydrogen) atoms. The molecule has 0 rings (SSSR count). The van der Waals surface area contributed by atoms with Crippen molar-refractivity contribution < 1.29 is 19.7 Å². The van der Waals surface area contributed by atoms with Crippen molar-refractivity contribution in [1.29, 1.82) is 0 Å². The number of rotatable bonds is 3. The van der Waals surface area contributed by atoms with E-state index in [2.05, 4.69) is 6.58 Å². The quantitative estimate of drug-likeness (QED) is 0.550. The van der Waals surface area contributed by atoms with Crippen LogP contribution >= 0.6 is 0 Å². The second-order valence-corrected chi connectivity index (χ2v) is 4.36. The molecule has 0 aromatic carbocycles. The van der Waals surface area contributed by atoms with E-state index in [4.69, 9.17) is 14.9 Å². The lowest BCUT2D eigenvalue weighted by atomic mass is 9.99. The van der Waals surface area contributed by atoms with Crippen LogP contribution in [-0.4, -0.2) is 36.0 Å². The van der Waals surface area contributed by atoms with Crippen LogP contribution in [0.3, 0.4) is 0 Å². The van der Waals surface area contributed by atoms with Gasteiger partial charge >= 0.3 is 5.97 Å². The molecule has 0 saturated heterocycles. The molecule has 4 nitrogen and oxygen atoms in total. The van der Waals surface area contributed by atoms with Crippen LogP contribution in [0.4, 0.5) is 0 Å². The van der Waals surface area contributed by atoms with Gasteiger partial charge in [-0.2, -0.15) is 0 Å². The zero-order valence-electron chi connectivity index (χ0n) is 10.0. The van der Waals surface area contributed by atoms with E-state index in [1.54, 1.807) is 6.92 Å². The number of aliphatic hydroxyl groups is 2. The molecule has 0 heterocycles. The summed E-state index contributed by atoms with van der Waals surface area (Å²) in [5, 5.41) is 15.2. The summed E-state index contributed by atoms with van der Waals surface area (Å²) in [7, 11) is 0. The summed E-state index contributed by atoms with van der Waals surface area (Å²) in [6.45, 7) is 11.4. The van der Waals surface area contributed by atoms with Crippen molar-refractivity contribution in [3.63, 3.8) is 0 Å². The number of carbonyl (C=O) groups excluding carboxylic acids is 1. The molecule has 0 unspecified atom stereocenters. The Morgan fingerprint density at radius 3 is 1.87 bits per heavy atom. The van der Waals surface area contributed by atoms with Gasteiger partial charge in [-0.1, -0.05) is 27.4 Å². The average Bonchev–Trinajstić information content (AvgIpc) is 2.13. The van der Waals surface area contributed by atoms with Gasteiger partial charge in [-0.05, 0) is 12.3 Å². The molecule has 0 fully saturated rings.